The van der Waals surface area contributed by atoms with Crippen LogP contribution in [-0.2, 0) is 11.4 Å². The van der Waals surface area contributed by atoms with Gasteiger partial charge in [0.15, 0.2) is 5.84 Å². The first kappa shape index (κ1) is 13.5. The number of non-ortho nitro benzene ring substituents is 1. The summed E-state index contributed by atoms with van der Waals surface area (Å²) in [5.74, 6) is 0.245. The van der Waals surface area contributed by atoms with E-state index in [4.69, 9.17) is 10.6 Å². The van der Waals surface area contributed by atoms with E-state index in [-0.39, 0.29) is 18.1 Å². The van der Waals surface area contributed by atoms with Crippen LogP contribution in [0.25, 0.3) is 0 Å². The summed E-state index contributed by atoms with van der Waals surface area (Å²) in [5.41, 5.74) is 7.24. The Bertz CT molecular complexity index is 611. The lowest BCUT2D eigenvalue weighted by molar-refractivity contribution is -0.384. The average molecular weight is 272 g/mol. The van der Waals surface area contributed by atoms with Crippen LogP contribution in [0.4, 0.5) is 5.69 Å². The van der Waals surface area contributed by atoms with Crippen molar-refractivity contribution < 1.29 is 9.76 Å². The highest BCUT2D eigenvalue weighted by Gasteiger charge is 2.04. The van der Waals surface area contributed by atoms with Crippen molar-refractivity contribution in [3.63, 3.8) is 0 Å². The Kier molecular flexibility index (Phi) is 4.23. The second-order valence-corrected chi connectivity index (χ2v) is 3.91. The van der Waals surface area contributed by atoms with E-state index in [1.54, 1.807) is 36.7 Å². The number of hydrogen-bond acceptors (Lipinski definition) is 5. The Morgan fingerprint density at radius 2 is 1.90 bits per heavy atom. The average Bonchev–Trinajstić information content (AvgIpc) is 2.48. The van der Waals surface area contributed by atoms with Crippen molar-refractivity contribution in [2.75, 3.05) is 0 Å². The van der Waals surface area contributed by atoms with Crippen molar-refractivity contribution in [1.29, 1.82) is 0 Å². The van der Waals surface area contributed by atoms with Crippen LogP contribution in [0.15, 0.2) is 53.9 Å². The van der Waals surface area contributed by atoms with E-state index < -0.39 is 4.92 Å². The lowest BCUT2D eigenvalue weighted by Gasteiger charge is -2.02. The second kappa shape index (κ2) is 6.28. The van der Waals surface area contributed by atoms with E-state index in [1.807, 2.05) is 0 Å². The monoisotopic (exact) mass is 272 g/mol. The molecule has 20 heavy (non-hydrogen) atoms. The van der Waals surface area contributed by atoms with Crippen LogP contribution in [0.1, 0.15) is 11.1 Å². The molecule has 0 atom stereocenters. The van der Waals surface area contributed by atoms with E-state index in [0.717, 1.165) is 5.56 Å². The molecule has 0 aliphatic rings. The van der Waals surface area contributed by atoms with Crippen LogP contribution in [0.2, 0.25) is 0 Å². The van der Waals surface area contributed by atoms with Gasteiger partial charge in [-0.2, -0.15) is 0 Å². The fourth-order valence-corrected chi connectivity index (χ4v) is 1.47. The third kappa shape index (κ3) is 3.52. The molecule has 0 saturated carbocycles. The van der Waals surface area contributed by atoms with Gasteiger partial charge in [0.1, 0.15) is 6.61 Å². The highest BCUT2D eigenvalue weighted by Crippen LogP contribution is 2.12. The maximum absolute atomic E-state index is 10.5. The fraction of sp³-hybridized carbons (Fsp3) is 0.0769. The minimum absolute atomic E-state index is 0.0357. The van der Waals surface area contributed by atoms with Crippen LogP contribution < -0.4 is 5.73 Å². The molecule has 2 aromatic rings. The number of pyridine rings is 1. The molecule has 0 fully saturated rings. The molecular formula is C13H12N4O3. The van der Waals surface area contributed by atoms with Gasteiger partial charge in [0.25, 0.3) is 5.69 Å². The summed E-state index contributed by atoms with van der Waals surface area (Å²) in [7, 11) is 0. The zero-order valence-electron chi connectivity index (χ0n) is 10.5. The van der Waals surface area contributed by atoms with E-state index in [1.165, 1.54) is 12.1 Å². The topological polar surface area (TPSA) is 104 Å². The number of nitrogens with two attached hydrogens (primary N) is 1. The number of hydrogen-bond donors (Lipinski definition) is 1. The van der Waals surface area contributed by atoms with Gasteiger partial charge in [-0.1, -0.05) is 5.16 Å². The van der Waals surface area contributed by atoms with Crippen LogP contribution in [0.3, 0.4) is 0 Å². The van der Waals surface area contributed by atoms with Crippen molar-refractivity contribution in [1.82, 2.24) is 4.98 Å². The highest BCUT2D eigenvalue weighted by molar-refractivity contribution is 5.96. The number of aromatic nitrogens is 1. The number of nitro groups is 1. The summed E-state index contributed by atoms with van der Waals surface area (Å²) < 4.78 is 0. The van der Waals surface area contributed by atoms with E-state index >= 15 is 0 Å². The molecule has 2 rings (SSSR count). The summed E-state index contributed by atoms with van der Waals surface area (Å²) in [4.78, 5) is 19.0. The molecule has 7 nitrogen and oxygen atoms in total. The van der Waals surface area contributed by atoms with Crippen LogP contribution in [0.5, 0.6) is 0 Å². The molecule has 0 spiro atoms. The van der Waals surface area contributed by atoms with Gasteiger partial charge in [-0.3, -0.25) is 15.1 Å². The SMILES string of the molecule is N/C(=N\OCc1ccc([N+](=O)[O-])cc1)c1ccncc1. The molecule has 0 amide bonds. The third-order valence-corrected chi connectivity index (χ3v) is 2.52. The van der Waals surface area contributed by atoms with Crippen molar-refractivity contribution >= 4 is 11.5 Å². The first-order chi connectivity index (χ1) is 9.66. The summed E-state index contributed by atoms with van der Waals surface area (Å²) in [5, 5.41) is 14.3. The first-order valence-electron chi connectivity index (χ1n) is 5.76. The number of nitrogens with zero attached hydrogens (tertiary/aromatic N) is 3. The predicted molar refractivity (Wildman–Crippen MR) is 72.8 cm³/mol. The minimum Gasteiger partial charge on any atom is -0.389 e. The first-order valence-corrected chi connectivity index (χ1v) is 5.76. The maximum atomic E-state index is 10.5. The van der Waals surface area contributed by atoms with Gasteiger partial charge in [0.2, 0.25) is 0 Å². The van der Waals surface area contributed by atoms with Gasteiger partial charge in [0, 0.05) is 30.1 Å². The Balaban J connectivity index is 1.94. The normalized spacial score (nSPS) is 11.1. The molecule has 1 aromatic heterocycles. The molecule has 0 radical (unpaired) electrons. The maximum Gasteiger partial charge on any atom is 0.269 e. The van der Waals surface area contributed by atoms with E-state index in [0.29, 0.717) is 5.56 Å². The molecule has 0 saturated heterocycles. The molecule has 7 heteroatoms. The van der Waals surface area contributed by atoms with Gasteiger partial charge in [-0.25, -0.2) is 0 Å². The van der Waals surface area contributed by atoms with Gasteiger partial charge in [0.05, 0.1) is 4.92 Å². The van der Waals surface area contributed by atoms with Gasteiger partial charge in [-0.15, -0.1) is 0 Å². The Labute approximate surface area is 114 Å². The van der Waals surface area contributed by atoms with Gasteiger partial charge < -0.3 is 10.6 Å². The fourth-order valence-electron chi connectivity index (χ4n) is 1.47. The van der Waals surface area contributed by atoms with E-state index in [2.05, 4.69) is 10.1 Å². The zero-order valence-corrected chi connectivity index (χ0v) is 10.5. The summed E-state index contributed by atoms with van der Waals surface area (Å²) in [6.07, 6.45) is 3.21. The molecule has 1 aromatic carbocycles. The summed E-state index contributed by atoms with van der Waals surface area (Å²) in [6, 6.07) is 9.47. The van der Waals surface area contributed by atoms with Gasteiger partial charge >= 0.3 is 0 Å². The smallest absolute Gasteiger partial charge is 0.269 e. The van der Waals surface area contributed by atoms with Crippen molar-refractivity contribution in [3.05, 3.63) is 70.0 Å². The van der Waals surface area contributed by atoms with Crippen LogP contribution >= 0.6 is 0 Å². The standard InChI is InChI=1S/C13H12N4O3/c14-13(11-5-7-15-8-6-11)16-20-9-10-1-3-12(4-2-10)17(18)19/h1-8H,9H2,(H2,14,16). The number of amidine groups is 1. The Morgan fingerprint density at radius 3 is 2.50 bits per heavy atom. The lowest BCUT2D eigenvalue weighted by Crippen LogP contribution is -2.13. The van der Waals surface area contributed by atoms with Crippen molar-refractivity contribution in [2.24, 2.45) is 10.9 Å². The molecule has 0 bridgehead atoms. The highest BCUT2D eigenvalue weighted by atomic mass is 16.6. The molecule has 0 unspecified atom stereocenters. The molecule has 102 valence electrons. The Hall–Kier alpha value is -2.96. The lowest BCUT2D eigenvalue weighted by atomic mass is 10.2. The molecule has 0 aliphatic carbocycles. The summed E-state index contributed by atoms with van der Waals surface area (Å²) in [6.45, 7) is 0.184. The number of nitro benzene ring substituents is 1. The summed E-state index contributed by atoms with van der Waals surface area (Å²) >= 11 is 0. The molecular weight excluding hydrogens is 260 g/mol. The van der Waals surface area contributed by atoms with E-state index in [9.17, 15) is 10.1 Å². The van der Waals surface area contributed by atoms with Crippen LogP contribution in [-0.4, -0.2) is 15.7 Å². The van der Waals surface area contributed by atoms with Crippen molar-refractivity contribution in [2.45, 2.75) is 6.61 Å². The van der Waals surface area contributed by atoms with Crippen LogP contribution in [0, 0.1) is 10.1 Å². The third-order valence-electron chi connectivity index (χ3n) is 2.52. The Morgan fingerprint density at radius 1 is 1.25 bits per heavy atom. The minimum atomic E-state index is -0.454. The number of benzene rings is 1. The molecule has 0 aliphatic heterocycles. The molecule has 2 N–H and O–H groups in total. The second-order valence-electron chi connectivity index (χ2n) is 3.91. The predicted octanol–water partition coefficient (Wildman–Crippen LogP) is 1.83. The number of rotatable bonds is 5. The number of oxime groups is 1. The largest absolute Gasteiger partial charge is 0.389 e. The van der Waals surface area contributed by atoms with Crippen molar-refractivity contribution in [3.8, 4) is 0 Å². The zero-order chi connectivity index (χ0) is 14.4. The quantitative estimate of drug-likeness (QED) is 0.387. The molecule has 1 heterocycles. The van der Waals surface area contributed by atoms with Gasteiger partial charge in [-0.05, 0) is 29.8 Å².